The van der Waals surface area contributed by atoms with Gasteiger partial charge in [-0.2, -0.15) is 0 Å². The van der Waals surface area contributed by atoms with Crippen LogP contribution in [-0.4, -0.2) is 49.3 Å². The summed E-state index contributed by atoms with van der Waals surface area (Å²) in [7, 11) is 2.94. The van der Waals surface area contributed by atoms with Gasteiger partial charge in [-0.1, -0.05) is 0 Å². The Morgan fingerprint density at radius 2 is 1.96 bits per heavy atom. The molecule has 8 heteroatoms. The highest BCUT2D eigenvalue weighted by molar-refractivity contribution is 5.99. The van der Waals surface area contributed by atoms with Crippen molar-refractivity contribution in [1.29, 1.82) is 0 Å². The first-order valence-electron chi connectivity index (χ1n) is 7.05. The molecule has 3 N–H and O–H groups in total. The van der Waals surface area contributed by atoms with E-state index in [9.17, 15) is 14.4 Å². The third kappa shape index (κ3) is 3.78. The SMILES string of the molecule is CNC(=O)c1ccc(OC)c(NC(=O)[C@@H]2CC[C@H](C(=O)O)O2)c1. The standard InChI is InChI=1S/C15H18N2O6/c1-16-13(18)8-3-4-10(22-2)9(7-8)17-14(19)11-5-6-12(23-11)15(20)21/h3-4,7,11-12H,5-6H2,1-2H3,(H,16,18)(H,17,19)(H,20,21)/t11-,12+/m0/s1. The van der Waals surface area contributed by atoms with Gasteiger partial charge in [-0.15, -0.1) is 0 Å². The number of hydrogen-bond acceptors (Lipinski definition) is 5. The summed E-state index contributed by atoms with van der Waals surface area (Å²) in [4.78, 5) is 34.7. The van der Waals surface area contributed by atoms with Crippen molar-refractivity contribution in [2.45, 2.75) is 25.0 Å². The number of carbonyl (C=O) groups is 3. The Morgan fingerprint density at radius 1 is 1.26 bits per heavy atom. The van der Waals surface area contributed by atoms with Crippen LogP contribution in [0.2, 0.25) is 0 Å². The maximum absolute atomic E-state index is 12.2. The van der Waals surface area contributed by atoms with E-state index in [0.717, 1.165) is 0 Å². The number of carbonyl (C=O) groups excluding carboxylic acids is 2. The molecule has 2 atom stereocenters. The molecule has 8 nitrogen and oxygen atoms in total. The number of amides is 2. The molecule has 0 aliphatic carbocycles. The number of carboxylic acids is 1. The van der Waals surface area contributed by atoms with Crippen molar-refractivity contribution in [3.05, 3.63) is 23.8 Å². The van der Waals surface area contributed by atoms with E-state index in [2.05, 4.69) is 10.6 Å². The highest BCUT2D eigenvalue weighted by Crippen LogP contribution is 2.27. The molecule has 2 rings (SSSR count). The lowest BCUT2D eigenvalue weighted by Gasteiger charge is -2.15. The van der Waals surface area contributed by atoms with Crippen LogP contribution in [0.1, 0.15) is 23.2 Å². The molecule has 1 aliphatic heterocycles. The monoisotopic (exact) mass is 322 g/mol. The Hall–Kier alpha value is -2.61. The van der Waals surface area contributed by atoms with E-state index < -0.39 is 24.1 Å². The lowest BCUT2D eigenvalue weighted by Crippen LogP contribution is -2.30. The Balaban J connectivity index is 2.13. The third-order valence-electron chi connectivity index (χ3n) is 3.53. The number of rotatable bonds is 5. The first kappa shape index (κ1) is 16.8. The number of carboxylic acid groups (broad SMARTS) is 1. The zero-order valence-electron chi connectivity index (χ0n) is 12.8. The van der Waals surface area contributed by atoms with Crippen LogP contribution >= 0.6 is 0 Å². The van der Waals surface area contributed by atoms with E-state index >= 15 is 0 Å². The van der Waals surface area contributed by atoms with Gasteiger partial charge in [-0.3, -0.25) is 9.59 Å². The van der Waals surface area contributed by atoms with Crippen LogP contribution in [0.3, 0.4) is 0 Å². The lowest BCUT2D eigenvalue weighted by atomic mass is 10.1. The van der Waals surface area contributed by atoms with Gasteiger partial charge < -0.3 is 25.2 Å². The van der Waals surface area contributed by atoms with E-state index in [4.69, 9.17) is 14.6 Å². The molecule has 1 saturated heterocycles. The van der Waals surface area contributed by atoms with Crippen LogP contribution in [-0.2, 0) is 14.3 Å². The van der Waals surface area contributed by atoms with E-state index in [1.165, 1.54) is 20.2 Å². The van der Waals surface area contributed by atoms with E-state index in [0.29, 0.717) is 23.4 Å². The van der Waals surface area contributed by atoms with Gasteiger partial charge in [0.1, 0.15) is 11.9 Å². The van der Waals surface area contributed by atoms with Crippen LogP contribution < -0.4 is 15.4 Å². The summed E-state index contributed by atoms with van der Waals surface area (Å²) < 4.78 is 10.4. The van der Waals surface area contributed by atoms with Gasteiger partial charge in [0.15, 0.2) is 6.10 Å². The van der Waals surface area contributed by atoms with Crippen LogP contribution in [0.25, 0.3) is 0 Å². The molecular formula is C15H18N2O6. The number of ether oxygens (including phenoxy) is 2. The Morgan fingerprint density at radius 3 is 2.52 bits per heavy atom. The van der Waals surface area contributed by atoms with Crippen molar-refractivity contribution in [1.82, 2.24) is 5.32 Å². The summed E-state index contributed by atoms with van der Waals surface area (Å²) in [6, 6.07) is 4.62. The fraction of sp³-hybridized carbons (Fsp3) is 0.400. The van der Waals surface area contributed by atoms with Crippen molar-refractivity contribution in [2.24, 2.45) is 0 Å². The Kier molecular flexibility index (Phi) is 5.17. The minimum Gasteiger partial charge on any atom is -0.495 e. The van der Waals surface area contributed by atoms with Crippen molar-refractivity contribution < 1.29 is 29.0 Å². The number of anilines is 1. The molecule has 0 aromatic heterocycles. The van der Waals surface area contributed by atoms with Crippen LogP contribution in [0.4, 0.5) is 5.69 Å². The summed E-state index contributed by atoms with van der Waals surface area (Å²) in [5.41, 5.74) is 0.681. The summed E-state index contributed by atoms with van der Waals surface area (Å²) in [6.45, 7) is 0. The van der Waals surface area contributed by atoms with Crippen LogP contribution in [0.15, 0.2) is 18.2 Å². The predicted molar refractivity (Wildman–Crippen MR) is 80.5 cm³/mol. The number of benzene rings is 1. The summed E-state index contributed by atoms with van der Waals surface area (Å²) in [5, 5.41) is 14.0. The Labute approximate surface area is 132 Å². The van der Waals surface area contributed by atoms with Gasteiger partial charge in [0.25, 0.3) is 11.8 Å². The van der Waals surface area contributed by atoms with Gasteiger partial charge in [-0.25, -0.2) is 4.79 Å². The van der Waals surface area contributed by atoms with Crippen molar-refractivity contribution in [3.8, 4) is 5.75 Å². The van der Waals surface area contributed by atoms with Gasteiger partial charge in [-0.05, 0) is 31.0 Å². The van der Waals surface area contributed by atoms with E-state index in [1.54, 1.807) is 12.1 Å². The summed E-state index contributed by atoms with van der Waals surface area (Å²) in [6.07, 6.45) is -1.21. The second-order valence-corrected chi connectivity index (χ2v) is 5.01. The molecule has 1 heterocycles. The van der Waals surface area contributed by atoms with Gasteiger partial charge in [0.05, 0.1) is 12.8 Å². The van der Waals surface area contributed by atoms with Crippen molar-refractivity contribution in [3.63, 3.8) is 0 Å². The maximum Gasteiger partial charge on any atom is 0.332 e. The van der Waals surface area contributed by atoms with Gasteiger partial charge in [0, 0.05) is 12.6 Å². The molecule has 1 fully saturated rings. The summed E-state index contributed by atoms with van der Waals surface area (Å²) in [5.74, 6) is -1.47. The molecule has 2 amide bonds. The molecule has 1 aromatic carbocycles. The number of methoxy groups -OCH3 is 1. The topological polar surface area (TPSA) is 114 Å². The maximum atomic E-state index is 12.2. The van der Waals surface area contributed by atoms with Crippen molar-refractivity contribution in [2.75, 3.05) is 19.5 Å². The Bertz CT molecular complexity index is 630. The molecule has 23 heavy (non-hydrogen) atoms. The van der Waals surface area contributed by atoms with E-state index in [1.807, 2.05) is 0 Å². The fourth-order valence-corrected chi connectivity index (χ4v) is 2.32. The average molecular weight is 322 g/mol. The lowest BCUT2D eigenvalue weighted by molar-refractivity contribution is -0.150. The first-order chi connectivity index (χ1) is 11.0. The largest absolute Gasteiger partial charge is 0.495 e. The minimum absolute atomic E-state index is 0.281. The molecule has 0 bridgehead atoms. The number of hydrogen-bond donors (Lipinski definition) is 3. The quantitative estimate of drug-likeness (QED) is 0.732. The first-order valence-corrected chi connectivity index (χ1v) is 7.05. The highest BCUT2D eigenvalue weighted by atomic mass is 16.5. The summed E-state index contributed by atoms with van der Waals surface area (Å²) >= 11 is 0. The normalized spacial score (nSPS) is 19.9. The van der Waals surface area contributed by atoms with Crippen LogP contribution in [0, 0.1) is 0 Å². The van der Waals surface area contributed by atoms with Crippen LogP contribution in [0.5, 0.6) is 5.75 Å². The van der Waals surface area contributed by atoms with E-state index in [-0.39, 0.29) is 12.3 Å². The molecule has 1 aliphatic rings. The zero-order chi connectivity index (χ0) is 17.0. The average Bonchev–Trinajstić information content (AvgIpc) is 3.04. The highest BCUT2D eigenvalue weighted by Gasteiger charge is 2.35. The fourth-order valence-electron chi connectivity index (χ4n) is 2.32. The number of aliphatic carboxylic acids is 1. The third-order valence-corrected chi connectivity index (χ3v) is 3.53. The molecule has 1 aromatic rings. The minimum atomic E-state index is -1.08. The molecular weight excluding hydrogens is 304 g/mol. The smallest absolute Gasteiger partial charge is 0.332 e. The van der Waals surface area contributed by atoms with Gasteiger partial charge in [0.2, 0.25) is 0 Å². The predicted octanol–water partition coefficient (Wildman–Crippen LogP) is 0.625. The van der Waals surface area contributed by atoms with Crippen molar-refractivity contribution >= 4 is 23.5 Å². The van der Waals surface area contributed by atoms with Gasteiger partial charge >= 0.3 is 5.97 Å². The second kappa shape index (κ2) is 7.10. The molecule has 0 spiro atoms. The molecule has 0 saturated carbocycles. The molecule has 0 radical (unpaired) electrons. The zero-order valence-corrected chi connectivity index (χ0v) is 12.8. The molecule has 124 valence electrons. The molecule has 0 unspecified atom stereocenters. The second-order valence-electron chi connectivity index (χ2n) is 5.01. The number of nitrogens with one attached hydrogen (secondary N) is 2.